The highest BCUT2D eigenvalue weighted by Crippen LogP contribution is 2.35. The molecule has 184 valence electrons. The molecule has 1 aromatic carbocycles. The van der Waals surface area contributed by atoms with Gasteiger partial charge < -0.3 is 14.8 Å². The first-order valence-electron chi connectivity index (χ1n) is 10.9. The van der Waals surface area contributed by atoms with E-state index < -0.39 is 29.8 Å². The molecule has 0 saturated carbocycles. The van der Waals surface area contributed by atoms with E-state index in [0.717, 1.165) is 10.1 Å². The van der Waals surface area contributed by atoms with E-state index in [-0.39, 0.29) is 23.3 Å². The van der Waals surface area contributed by atoms with Crippen molar-refractivity contribution in [2.24, 2.45) is 7.05 Å². The Hall–Kier alpha value is -3.50. The molecule has 0 saturated heterocycles. The van der Waals surface area contributed by atoms with Crippen LogP contribution in [0, 0.1) is 6.92 Å². The van der Waals surface area contributed by atoms with Crippen LogP contribution in [-0.2, 0) is 31.0 Å². The van der Waals surface area contributed by atoms with Gasteiger partial charge in [-0.05, 0) is 44.9 Å². The smallest absolute Gasteiger partial charge is 0.417 e. The molecule has 1 amide bonds. The molecule has 2 heterocycles. The zero-order valence-electron chi connectivity index (χ0n) is 19.5. The molecule has 1 N–H and O–H groups in total. The average molecular weight is 480 g/mol. The first-order valence-corrected chi connectivity index (χ1v) is 10.9. The largest absolute Gasteiger partial charge is 0.490 e. The number of hydrogen-bond donors (Lipinski definition) is 1. The fourth-order valence-electron chi connectivity index (χ4n) is 3.82. The van der Waals surface area contributed by atoms with Crippen molar-refractivity contribution < 1.29 is 27.4 Å². The minimum atomic E-state index is -4.72. The summed E-state index contributed by atoms with van der Waals surface area (Å²) in [5.41, 5.74) is -1.01. The molecule has 0 radical (unpaired) electrons. The number of rotatable bonds is 9. The number of amides is 1. The Morgan fingerprint density at radius 3 is 2.44 bits per heavy atom. The van der Waals surface area contributed by atoms with E-state index in [1.807, 2.05) is 26.0 Å². The maximum absolute atomic E-state index is 13.5. The lowest BCUT2D eigenvalue weighted by Crippen LogP contribution is -2.34. The average Bonchev–Trinajstić information content (AvgIpc) is 3.05. The molecule has 0 aliphatic heterocycles. The van der Waals surface area contributed by atoms with Gasteiger partial charge in [0.1, 0.15) is 12.2 Å². The number of alkyl halides is 3. The van der Waals surface area contributed by atoms with Crippen LogP contribution in [0.2, 0.25) is 0 Å². The first kappa shape index (κ1) is 25.1. The number of fused-ring (bicyclic) bond motifs is 1. The highest BCUT2D eigenvalue weighted by Gasteiger charge is 2.36. The van der Waals surface area contributed by atoms with Gasteiger partial charge >= 0.3 is 6.18 Å². The van der Waals surface area contributed by atoms with Crippen molar-refractivity contribution in [1.82, 2.24) is 19.7 Å². The van der Waals surface area contributed by atoms with E-state index in [0.29, 0.717) is 37.2 Å². The summed E-state index contributed by atoms with van der Waals surface area (Å²) in [6.45, 7) is 5.99. The normalized spacial score (nSPS) is 11.6. The topological polar surface area (TPSA) is 87.4 Å². The lowest BCUT2D eigenvalue weighted by Gasteiger charge is -2.14. The summed E-state index contributed by atoms with van der Waals surface area (Å²) < 4.78 is 53.7. The van der Waals surface area contributed by atoms with Crippen molar-refractivity contribution in [1.29, 1.82) is 0 Å². The minimum absolute atomic E-state index is 0.0552. The molecule has 0 fully saturated rings. The summed E-state index contributed by atoms with van der Waals surface area (Å²) in [6.07, 6.45) is -4.23. The van der Waals surface area contributed by atoms with Gasteiger partial charge in [0.05, 0.1) is 29.9 Å². The summed E-state index contributed by atoms with van der Waals surface area (Å²) >= 11 is 0. The predicted molar refractivity (Wildman–Crippen MR) is 120 cm³/mol. The van der Waals surface area contributed by atoms with Gasteiger partial charge in [-0.2, -0.15) is 18.3 Å². The van der Waals surface area contributed by atoms with Gasteiger partial charge in [0.15, 0.2) is 11.5 Å². The molecular formula is C23H27F3N4O4. The summed E-state index contributed by atoms with van der Waals surface area (Å²) in [5, 5.41) is 6.54. The number of nitrogens with zero attached hydrogens (tertiary/aromatic N) is 3. The van der Waals surface area contributed by atoms with Gasteiger partial charge in [-0.25, -0.2) is 0 Å². The van der Waals surface area contributed by atoms with Gasteiger partial charge in [-0.3, -0.25) is 18.8 Å². The van der Waals surface area contributed by atoms with E-state index in [2.05, 4.69) is 10.4 Å². The van der Waals surface area contributed by atoms with Crippen molar-refractivity contribution in [3.05, 3.63) is 51.4 Å². The highest BCUT2D eigenvalue weighted by atomic mass is 19.4. The Kier molecular flexibility index (Phi) is 7.53. The molecular weight excluding hydrogens is 453 g/mol. The number of benzene rings is 1. The number of aromatic nitrogens is 3. The van der Waals surface area contributed by atoms with Crippen molar-refractivity contribution in [2.75, 3.05) is 19.8 Å². The van der Waals surface area contributed by atoms with Gasteiger partial charge in [0, 0.05) is 19.7 Å². The standard InChI is InChI=1S/C23H27F3N4O4/c1-5-33-17-8-7-15(11-18(17)34-6-2)9-10-27-19(31)13-30-20(32)12-16(23(24,25)26)21-14(3)28-29(4)22(21)30/h7-8,11-12H,5-6,9-10,13H2,1-4H3,(H,27,31). The lowest BCUT2D eigenvalue weighted by molar-refractivity contribution is -0.136. The van der Waals surface area contributed by atoms with Crippen LogP contribution >= 0.6 is 0 Å². The summed E-state index contributed by atoms with van der Waals surface area (Å²) in [7, 11) is 1.44. The van der Waals surface area contributed by atoms with E-state index >= 15 is 0 Å². The highest BCUT2D eigenvalue weighted by molar-refractivity contribution is 5.85. The molecule has 3 aromatic rings. The van der Waals surface area contributed by atoms with Gasteiger partial charge in [0.25, 0.3) is 5.56 Å². The van der Waals surface area contributed by atoms with Crippen LogP contribution in [0.1, 0.15) is 30.7 Å². The Labute approximate surface area is 194 Å². The monoisotopic (exact) mass is 480 g/mol. The van der Waals surface area contributed by atoms with Gasteiger partial charge in [-0.1, -0.05) is 6.07 Å². The molecule has 8 nitrogen and oxygen atoms in total. The second-order valence-corrected chi connectivity index (χ2v) is 7.63. The Morgan fingerprint density at radius 1 is 1.12 bits per heavy atom. The Morgan fingerprint density at radius 2 is 1.79 bits per heavy atom. The molecule has 0 aliphatic rings. The maximum Gasteiger partial charge on any atom is 0.417 e. The number of aryl methyl sites for hydroxylation is 2. The number of nitrogens with one attached hydrogen (secondary N) is 1. The summed E-state index contributed by atoms with van der Waals surface area (Å²) in [5.74, 6) is 0.741. The van der Waals surface area contributed by atoms with Crippen molar-refractivity contribution in [3.63, 3.8) is 0 Å². The Bertz CT molecular complexity index is 1250. The SMILES string of the molecule is CCOc1ccc(CCNC(=O)Cn2c(=O)cc(C(F)(F)F)c3c(C)nn(C)c32)cc1OCC. The van der Waals surface area contributed by atoms with Crippen LogP contribution < -0.4 is 20.3 Å². The number of carbonyl (C=O) groups excluding carboxylic acids is 1. The number of pyridine rings is 1. The third-order valence-corrected chi connectivity index (χ3v) is 5.20. The molecule has 0 bridgehead atoms. The summed E-state index contributed by atoms with van der Waals surface area (Å²) in [6, 6.07) is 6.01. The quantitative estimate of drug-likeness (QED) is 0.508. The van der Waals surface area contributed by atoms with Crippen LogP contribution in [0.15, 0.2) is 29.1 Å². The van der Waals surface area contributed by atoms with Crippen LogP contribution in [0.25, 0.3) is 11.0 Å². The zero-order chi connectivity index (χ0) is 25.0. The summed E-state index contributed by atoms with van der Waals surface area (Å²) in [4.78, 5) is 25.0. The predicted octanol–water partition coefficient (Wildman–Crippen LogP) is 3.22. The molecule has 0 spiro atoms. The van der Waals surface area contributed by atoms with E-state index in [1.54, 1.807) is 6.07 Å². The fraction of sp³-hybridized carbons (Fsp3) is 0.435. The molecule has 0 aliphatic carbocycles. The third-order valence-electron chi connectivity index (χ3n) is 5.20. The second-order valence-electron chi connectivity index (χ2n) is 7.63. The van der Waals surface area contributed by atoms with Gasteiger partial charge in [-0.15, -0.1) is 0 Å². The molecule has 0 atom stereocenters. The van der Waals surface area contributed by atoms with Crippen LogP contribution in [0.3, 0.4) is 0 Å². The number of ether oxygens (including phenoxy) is 2. The van der Waals surface area contributed by atoms with Gasteiger partial charge in [0.2, 0.25) is 5.91 Å². The van der Waals surface area contributed by atoms with Crippen molar-refractivity contribution in [2.45, 2.75) is 39.9 Å². The maximum atomic E-state index is 13.5. The molecule has 11 heteroatoms. The van der Waals surface area contributed by atoms with E-state index in [1.165, 1.54) is 18.7 Å². The minimum Gasteiger partial charge on any atom is -0.490 e. The molecule has 34 heavy (non-hydrogen) atoms. The molecule has 2 aromatic heterocycles. The number of halogens is 3. The van der Waals surface area contributed by atoms with Crippen molar-refractivity contribution >= 4 is 16.9 Å². The molecule has 0 unspecified atom stereocenters. The molecule has 3 rings (SSSR count). The third kappa shape index (κ3) is 5.35. The number of carbonyl (C=O) groups is 1. The van der Waals surface area contributed by atoms with Crippen LogP contribution in [-0.4, -0.2) is 40.0 Å². The number of hydrogen-bond acceptors (Lipinski definition) is 5. The lowest BCUT2D eigenvalue weighted by atomic mass is 10.1. The van der Waals surface area contributed by atoms with Crippen molar-refractivity contribution in [3.8, 4) is 11.5 Å². The second kappa shape index (κ2) is 10.2. The van der Waals surface area contributed by atoms with Crippen LogP contribution in [0.4, 0.5) is 13.2 Å². The Balaban J connectivity index is 1.75. The zero-order valence-corrected chi connectivity index (χ0v) is 19.5. The van der Waals surface area contributed by atoms with Crippen LogP contribution in [0.5, 0.6) is 11.5 Å². The van der Waals surface area contributed by atoms with E-state index in [9.17, 15) is 22.8 Å². The fourth-order valence-corrected chi connectivity index (χ4v) is 3.82. The first-order chi connectivity index (χ1) is 16.1. The van der Waals surface area contributed by atoms with E-state index in [4.69, 9.17) is 9.47 Å².